The molecule has 1 amide bonds. The largest absolute Gasteiger partial charge is 0.484 e. The van der Waals surface area contributed by atoms with Crippen molar-refractivity contribution >= 4 is 5.91 Å². The molecule has 0 aliphatic carbocycles. The first-order valence-corrected chi connectivity index (χ1v) is 7.70. The summed E-state index contributed by atoms with van der Waals surface area (Å²) in [5.41, 5.74) is 0.0841. The van der Waals surface area contributed by atoms with Gasteiger partial charge in [-0.25, -0.2) is 13.2 Å². The van der Waals surface area contributed by atoms with E-state index < -0.39 is 17.5 Å². The van der Waals surface area contributed by atoms with Crippen molar-refractivity contribution in [3.05, 3.63) is 53.8 Å². The van der Waals surface area contributed by atoms with E-state index in [-0.39, 0.29) is 29.4 Å². The number of hydrogen-bond donors (Lipinski definition) is 0. The van der Waals surface area contributed by atoms with Crippen LogP contribution in [0.2, 0.25) is 0 Å². The zero-order valence-electron chi connectivity index (χ0n) is 12.9. The molecule has 126 valence electrons. The van der Waals surface area contributed by atoms with Crippen LogP contribution in [0.5, 0.6) is 5.75 Å². The van der Waals surface area contributed by atoms with Crippen molar-refractivity contribution < 1.29 is 22.7 Å². The molecule has 0 spiro atoms. The third-order valence-corrected chi connectivity index (χ3v) is 3.95. The van der Waals surface area contributed by atoms with Crippen LogP contribution in [0.15, 0.2) is 36.4 Å². The first-order valence-electron chi connectivity index (χ1n) is 7.70. The second-order valence-corrected chi connectivity index (χ2v) is 5.65. The molecule has 1 aliphatic rings. The van der Waals surface area contributed by atoms with Crippen LogP contribution in [0.1, 0.15) is 12.8 Å². The summed E-state index contributed by atoms with van der Waals surface area (Å²) in [6.07, 6.45) is 1.93. The number of rotatable bonds is 4. The van der Waals surface area contributed by atoms with Crippen molar-refractivity contribution in [2.45, 2.75) is 12.8 Å². The minimum absolute atomic E-state index is 0.0646. The standard InChI is InChI=1S/C18H16F3NO2/c19-13-8-12(15-4-3-5-16(20)18(15)21)9-14(10-13)24-11-17(23)22-6-1-2-7-22/h3-5,8-10H,1-2,6-7,11H2. The van der Waals surface area contributed by atoms with E-state index in [1.165, 1.54) is 18.2 Å². The number of carbonyl (C=O) groups is 1. The van der Waals surface area contributed by atoms with E-state index >= 15 is 0 Å². The van der Waals surface area contributed by atoms with Gasteiger partial charge >= 0.3 is 0 Å². The molecular weight excluding hydrogens is 319 g/mol. The Bertz CT molecular complexity index is 758. The van der Waals surface area contributed by atoms with Crippen LogP contribution in [0.4, 0.5) is 13.2 Å². The van der Waals surface area contributed by atoms with Gasteiger partial charge in [0.2, 0.25) is 0 Å². The Morgan fingerprint density at radius 1 is 1.08 bits per heavy atom. The van der Waals surface area contributed by atoms with E-state index in [0.29, 0.717) is 13.1 Å². The molecule has 0 unspecified atom stereocenters. The topological polar surface area (TPSA) is 29.5 Å². The van der Waals surface area contributed by atoms with Gasteiger partial charge < -0.3 is 9.64 Å². The van der Waals surface area contributed by atoms with Crippen LogP contribution in [0, 0.1) is 17.5 Å². The van der Waals surface area contributed by atoms with Gasteiger partial charge in [0.25, 0.3) is 5.91 Å². The van der Waals surface area contributed by atoms with Crippen molar-refractivity contribution in [2.75, 3.05) is 19.7 Å². The highest BCUT2D eigenvalue weighted by Crippen LogP contribution is 2.28. The molecule has 0 bridgehead atoms. The van der Waals surface area contributed by atoms with Gasteiger partial charge in [-0.3, -0.25) is 4.79 Å². The van der Waals surface area contributed by atoms with Crippen LogP contribution < -0.4 is 4.74 Å². The van der Waals surface area contributed by atoms with Crippen LogP contribution in [0.3, 0.4) is 0 Å². The van der Waals surface area contributed by atoms with Crippen molar-refractivity contribution in [1.82, 2.24) is 4.90 Å². The minimum Gasteiger partial charge on any atom is -0.484 e. The van der Waals surface area contributed by atoms with Gasteiger partial charge in [-0.05, 0) is 36.6 Å². The van der Waals surface area contributed by atoms with Gasteiger partial charge in [0.15, 0.2) is 18.2 Å². The highest BCUT2D eigenvalue weighted by molar-refractivity contribution is 5.78. The number of nitrogens with zero attached hydrogens (tertiary/aromatic N) is 1. The number of ether oxygens (including phenoxy) is 1. The highest BCUT2D eigenvalue weighted by Gasteiger charge is 2.18. The molecule has 0 aromatic heterocycles. The molecule has 0 N–H and O–H groups in total. The molecule has 24 heavy (non-hydrogen) atoms. The molecule has 2 aromatic rings. The van der Waals surface area contributed by atoms with Crippen molar-refractivity contribution in [2.24, 2.45) is 0 Å². The lowest BCUT2D eigenvalue weighted by Crippen LogP contribution is -2.32. The summed E-state index contributed by atoms with van der Waals surface area (Å²) in [5, 5.41) is 0. The minimum atomic E-state index is -1.05. The number of amides is 1. The molecule has 3 rings (SSSR count). The summed E-state index contributed by atoms with van der Waals surface area (Å²) in [6, 6.07) is 7.27. The smallest absolute Gasteiger partial charge is 0.260 e. The van der Waals surface area contributed by atoms with Crippen LogP contribution in [0.25, 0.3) is 11.1 Å². The second-order valence-electron chi connectivity index (χ2n) is 5.65. The summed E-state index contributed by atoms with van der Waals surface area (Å²) >= 11 is 0. The molecule has 3 nitrogen and oxygen atoms in total. The van der Waals surface area contributed by atoms with E-state index in [1.807, 2.05) is 0 Å². The highest BCUT2D eigenvalue weighted by atomic mass is 19.2. The summed E-state index contributed by atoms with van der Waals surface area (Å²) < 4.78 is 46.3. The fourth-order valence-electron chi connectivity index (χ4n) is 2.73. The lowest BCUT2D eigenvalue weighted by molar-refractivity contribution is -0.132. The van der Waals surface area contributed by atoms with Gasteiger partial charge in [-0.15, -0.1) is 0 Å². The first kappa shape index (κ1) is 16.4. The summed E-state index contributed by atoms with van der Waals surface area (Å²) in [4.78, 5) is 13.6. The van der Waals surface area contributed by atoms with Crippen LogP contribution in [-0.4, -0.2) is 30.5 Å². The summed E-state index contributed by atoms with van der Waals surface area (Å²) in [5.74, 6) is -2.79. The van der Waals surface area contributed by atoms with Crippen molar-refractivity contribution in [3.63, 3.8) is 0 Å². The zero-order valence-corrected chi connectivity index (χ0v) is 12.9. The maximum absolute atomic E-state index is 13.9. The molecule has 0 saturated carbocycles. The lowest BCUT2D eigenvalue weighted by atomic mass is 10.0. The van der Waals surface area contributed by atoms with Gasteiger partial charge in [0.05, 0.1) is 0 Å². The molecule has 1 heterocycles. The van der Waals surface area contributed by atoms with Crippen LogP contribution >= 0.6 is 0 Å². The van der Waals surface area contributed by atoms with Gasteiger partial charge in [-0.2, -0.15) is 0 Å². The van der Waals surface area contributed by atoms with E-state index in [9.17, 15) is 18.0 Å². The fourth-order valence-corrected chi connectivity index (χ4v) is 2.73. The Morgan fingerprint density at radius 2 is 1.83 bits per heavy atom. The molecule has 6 heteroatoms. The third kappa shape index (κ3) is 3.53. The van der Waals surface area contributed by atoms with E-state index in [2.05, 4.69) is 0 Å². The van der Waals surface area contributed by atoms with Gasteiger partial charge in [0, 0.05) is 24.7 Å². The molecule has 0 radical (unpaired) electrons. The Morgan fingerprint density at radius 3 is 2.58 bits per heavy atom. The number of carbonyl (C=O) groups excluding carboxylic acids is 1. The van der Waals surface area contributed by atoms with Gasteiger partial charge in [0.1, 0.15) is 11.6 Å². The maximum Gasteiger partial charge on any atom is 0.260 e. The van der Waals surface area contributed by atoms with Gasteiger partial charge in [-0.1, -0.05) is 12.1 Å². The number of halogens is 3. The number of benzene rings is 2. The number of likely N-dealkylation sites (tertiary alicyclic amines) is 1. The second kappa shape index (κ2) is 6.95. The molecule has 0 atom stereocenters. The van der Waals surface area contributed by atoms with E-state index in [4.69, 9.17) is 4.74 Å². The SMILES string of the molecule is O=C(COc1cc(F)cc(-c2cccc(F)c2F)c1)N1CCCC1. The quantitative estimate of drug-likeness (QED) is 0.851. The summed E-state index contributed by atoms with van der Waals surface area (Å²) in [6.45, 7) is 1.19. The monoisotopic (exact) mass is 335 g/mol. The van der Waals surface area contributed by atoms with Crippen LogP contribution in [-0.2, 0) is 4.79 Å². The Kier molecular flexibility index (Phi) is 4.74. The average Bonchev–Trinajstić information content (AvgIpc) is 3.09. The van der Waals surface area contributed by atoms with Crippen molar-refractivity contribution in [3.8, 4) is 16.9 Å². The average molecular weight is 335 g/mol. The molecule has 1 aliphatic heterocycles. The molecule has 2 aromatic carbocycles. The Hall–Kier alpha value is -2.50. The van der Waals surface area contributed by atoms with Crippen molar-refractivity contribution in [1.29, 1.82) is 0 Å². The predicted molar refractivity (Wildman–Crippen MR) is 83.1 cm³/mol. The van der Waals surface area contributed by atoms with E-state index in [1.54, 1.807) is 4.90 Å². The molecular formula is C18H16F3NO2. The lowest BCUT2D eigenvalue weighted by Gasteiger charge is -2.16. The zero-order chi connectivity index (χ0) is 17.1. The molecule has 1 saturated heterocycles. The maximum atomic E-state index is 13.9. The fraction of sp³-hybridized carbons (Fsp3) is 0.278. The predicted octanol–water partition coefficient (Wildman–Crippen LogP) is 3.77. The van der Waals surface area contributed by atoms with E-state index in [0.717, 1.165) is 31.0 Å². The third-order valence-electron chi connectivity index (χ3n) is 3.95. The molecule has 1 fully saturated rings. The number of hydrogen-bond acceptors (Lipinski definition) is 2. The first-order chi connectivity index (χ1) is 11.5. The summed E-state index contributed by atoms with van der Waals surface area (Å²) in [7, 11) is 0. The normalized spacial score (nSPS) is 14.0. The Labute approximate surface area is 137 Å². The Balaban J connectivity index is 1.79.